The van der Waals surface area contributed by atoms with Crippen LogP contribution in [-0.4, -0.2) is 33.4 Å². The minimum absolute atomic E-state index is 0.0307. The highest BCUT2D eigenvalue weighted by Gasteiger charge is 2.28. The van der Waals surface area contributed by atoms with Crippen LogP contribution in [0, 0.1) is 0 Å². The van der Waals surface area contributed by atoms with E-state index < -0.39 is 23.6 Å². The van der Waals surface area contributed by atoms with Gasteiger partial charge in [-0.25, -0.2) is 0 Å². The van der Waals surface area contributed by atoms with Crippen molar-refractivity contribution in [3.05, 3.63) is 64.2 Å². The molecule has 164 valence electrons. The van der Waals surface area contributed by atoms with E-state index in [0.29, 0.717) is 5.56 Å². The van der Waals surface area contributed by atoms with Gasteiger partial charge in [0.05, 0.1) is 11.1 Å². The van der Waals surface area contributed by atoms with E-state index in [1.165, 1.54) is 16.9 Å². The first-order valence-electron chi connectivity index (χ1n) is 9.43. The third-order valence-electron chi connectivity index (χ3n) is 4.13. The van der Waals surface area contributed by atoms with Crippen molar-refractivity contribution in [1.82, 2.24) is 15.1 Å². The maximum atomic E-state index is 12.9. The van der Waals surface area contributed by atoms with Gasteiger partial charge in [0.2, 0.25) is 11.0 Å². The molecule has 0 spiro atoms. The minimum Gasteiger partial charge on any atom is -0.433 e. The average Bonchev–Trinajstić information content (AvgIpc) is 3.30. The van der Waals surface area contributed by atoms with Crippen LogP contribution in [0.25, 0.3) is 11.3 Å². The number of hydrogen-bond donors (Lipinski definition) is 2. The largest absolute Gasteiger partial charge is 0.433 e. The van der Waals surface area contributed by atoms with E-state index in [4.69, 9.17) is 33.4 Å². The molecular formula is C21H22Cl2N4O4. The maximum absolute atomic E-state index is 12.9. The van der Waals surface area contributed by atoms with E-state index in [2.05, 4.69) is 10.4 Å². The Labute approximate surface area is 189 Å². The number of Topliss-reactive ketones (excluding diaryl/α,β-unsaturated/α-hetero) is 1. The van der Waals surface area contributed by atoms with Crippen LogP contribution in [0.15, 0.2) is 47.0 Å². The summed E-state index contributed by atoms with van der Waals surface area (Å²) in [5, 5.41) is 6.79. The topological polar surface area (TPSA) is 120 Å². The predicted octanol–water partition coefficient (Wildman–Crippen LogP) is 3.41. The van der Waals surface area contributed by atoms with E-state index in [0.717, 1.165) is 5.56 Å². The van der Waals surface area contributed by atoms with Gasteiger partial charge in [-0.3, -0.25) is 19.1 Å². The second-order valence-corrected chi connectivity index (χ2v) is 6.96. The van der Waals surface area contributed by atoms with Crippen molar-refractivity contribution in [1.29, 1.82) is 0 Å². The van der Waals surface area contributed by atoms with Gasteiger partial charge in [0.25, 0.3) is 11.8 Å². The van der Waals surface area contributed by atoms with E-state index in [1.54, 1.807) is 31.3 Å². The molecule has 0 aliphatic heterocycles. The number of nitrogens with zero attached hydrogens (tertiary/aromatic N) is 2. The number of carbonyl (C=O) groups is 3. The molecule has 0 radical (unpaired) electrons. The highest BCUT2D eigenvalue weighted by Crippen LogP contribution is 2.34. The number of benzene rings is 1. The Bertz CT molecular complexity index is 1080. The lowest BCUT2D eigenvalue weighted by atomic mass is 10.0. The summed E-state index contributed by atoms with van der Waals surface area (Å²) < 4.78 is 6.48. The molecular weight excluding hydrogens is 443 g/mol. The standard InChI is InChI=1S/C19H16Cl2N4O4.C2H6/c1-25-9-12(15(24-25)11-8-14(20)29-17(11)21)19(28)23-13(16(26)18(22)27)7-10-5-3-2-4-6-10;1-2/h2-6,8-9,13H,7H2,1H3,(H2,22,27)(H,23,28);1-2H3. The molecule has 1 atom stereocenters. The van der Waals surface area contributed by atoms with Gasteiger partial charge in [-0.05, 0) is 28.8 Å². The molecule has 8 nitrogen and oxygen atoms in total. The molecule has 0 fully saturated rings. The lowest BCUT2D eigenvalue weighted by Crippen LogP contribution is -2.47. The Kier molecular flexibility index (Phi) is 8.41. The summed E-state index contributed by atoms with van der Waals surface area (Å²) in [7, 11) is 1.62. The fourth-order valence-corrected chi connectivity index (χ4v) is 3.27. The molecule has 0 bridgehead atoms. The summed E-state index contributed by atoms with van der Waals surface area (Å²) in [6.45, 7) is 4.00. The smallest absolute Gasteiger partial charge is 0.287 e. The fourth-order valence-electron chi connectivity index (χ4n) is 2.82. The number of carbonyl (C=O) groups excluding carboxylic acids is 3. The van der Waals surface area contributed by atoms with Crippen molar-refractivity contribution < 1.29 is 18.8 Å². The second kappa shape index (κ2) is 10.8. The van der Waals surface area contributed by atoms with Gasteiger partial charge < -0.3 is 15.5 Å². The third-order valence-corrected chi connectivity index (χ3v) is 4.60. The van der Waals surface area contributed by atoms with Crippen LogP contribution in [0.3, 0.4) is 0 Å². The van der Waals surface area contributed by atoms with Crippen LogP contribution in [-0.2, 0) is 23.1 Å². The zero-order valence-electron chi connectivity index (χ0n) is 17.2. The second-order valence-electron chi connectivity index (χ2n) is 6.25. The van der Waals surface area contributed by atoms with Gasteiger partial charge >= 0.3 is 0 Å². The summed E-state index contributed by atoms with van der Waals surface area (Å²) in [6.07, 6.45) is 1.55. The van der Waals surface area contributed by atoms with Crippen LogP contribution in [0.1, 0.15) is 29.8 Å². The molecule has 0 aliphatic carbocycles. The number of aryl methyl sites for hydroxylation is 1. The van der Waals surface area contributed by atoms with Crippen molar-refractivity contribution in [3.8, 4) is 11.3 Å². The summed E-state index contributed by atoms with van der Waals surface area (Å²) in [6, 6.07) is 9.22. The van der Waals surface area contributed by atoms with Gasteiger partial charge in [0.15, 0.2) is 5.22 Å². The first-order valence-corrected chi connectivity index (χ1v) is 10.2. The monoisotopic (exact) mass is 464 g/mol. The molecule has 3 aromatic rings. The molecule has 10 heteroatoms. The van der Waals surface area contributed by atoms with E-state index in [1.807, 2.05) is 19.9 Å². The number of ketones is 1. The average molecular weight is 465 g/mol. The number of amides is 2. The number of rotatable bonds is 7. The molecule has 0 saturated heterocycles. The van der Waals surface area contributed by atoms with Crippen LogP contribution in [0.2, 0.25) is 10.4 Å². The maximum Gasteiger partial charge on any atom is 0.287 e. The van der Waals surface area contributed by atoms with E-state index in [9.17, 15) is 14.4 Å². The van der Waals surface area contributed by atoms with E-state index in [-0.39, 0.29) is 28.1 Å². The molecule has 0 aliphatic rings. The zero-order chi connectivity index (χ0) is 23.1. The number of primary amides is 1. The Morgan fingerprint density at radius 2 is 1.84 bits per heavy atom. The fraction of sp³-hybridized carbons (Fsp3) is 0.238. The van der Waals surface area contributed by atoms with Gasteiger partial charge in [0.1, 0.15) is 11.7 Å². The van der Waals surface area contributed by atoms with Crippen molar-refractivity contribution in [2.45, 2.75) is 26.3 Å². The van der Waals surface area contributed by atoms with Crippen LogP contribution < -0.4 is 11.1 Å². The summed E-state index contributed by atoms with van der Waals surface area (Å²) in [5.41, 5.74) is 6.57. The van der Waals surface area contributed by atoms with Gasteiger partial charge in [-0.15, -0.1) is 0 Å². The Balaban J connectivity index is 0.00000166. The van der Waals surface area contributed by atoms with Crippen LogP contribution in [0.4, 0.5) is 0 Å². The Hall–Kier alpha value is -3.10. The van der Waals surface area contributed by atoms with Gasteiger partial charge in [-0.1, -0.05) is 44.2 Å². The zero-order valence-corrected chi connectivity index (χ0v) is 18.7. The van der Waals surface area contributed by atoms with Crippen molar-refractivity contribution >= 4 is 40.8 Å². The van der Waals surface area contributed by atoms with Crippen molar-refractivity contribution in [2.24, 2.45) is 12.8 Å². The quantitative estimate of drug-likeness (QED) is 0.518. The normalized spacial score (nSPS) is 11.3. The van der Waals surface area contributed by atoms with Crippen LogP contribution >= 0.6 is 23.2 Å². The Morgan fingerprint density at radius 1 is 1.19 bits per heavy atom. The molecule has 2 amide bonds. The molecule has 31 heavy (non-hydrogen) atoms. The number of aromatic nitrogens is 2. The van der Waals surface area contributed by atoms with Crippen LogP contribution in [0.5, 0.6) is 0 Å². The number of nitrogens with two attached hydrogens (primary N) is 1. The molecule has 1 unspecified atom stereocenters. The number of nitrogens with one attached hydrogen (secondary N) is 1. The molecule has 3 N–H and O–H groups in total. The highest BCUT2D eigenvalue weighted by molar-refractivity contribution is 6.38. The lowest BCUT2D eigenvalue weighted by molar-refractivity contribution is -0.137. The Morgan fingerprint density at radius 3 is 2.39 bits per heavy atom. The predicted molar refractivity (Wildman–Crippen MR) is 118 cm³/mol. The number of hydrogen-bond acceptors (Lipinski definition) is 5. The van der Waals surface area contributed by atoms with Crippen molar-refractivity contribution in [2.75, 3.05) is 0 Å². The molecule has 2 heterocycles. The first kappa shape index (κ1) is 24.2. The lowest BCUT2D eigenvalue weighted by Gasteiger charge is -2.16. The molecule has 0 saturated carbocycles. The summed E-state index contributed by atoms with van der Waals surface area (Å²) in [5.74, 6) is -2.67. The molecule has 2 aromatic heterocycles. The van der Waals surface area contributed by atoms with E-state index >= 15 is 0 Å². The van der Waals surface area contributed by atoms with Gasteiger partial charge in [-0.2, -0.15) is 5.10 Å². The molecule has 1 aromatic carbocycles. The molecule has 3 rings (SSSR count). The highest BCUT2D eigenvalue weighted by atomic mass is 35.5. The summed E-state index contributed by atoms with van der Waals surface area (Å²) >= 11 is 11.8. The number of halogens is 2. The summed E-state index contributed by atoms with van der Waals surface area (Å²) in [4.78, 5) is 36.6. The van der Waals surface area contributed by atoms with Crippen molar-refractivity contribution in [3.63, 3.8) is 0 Å². The first-order chi connectivity index (χ1) is 14.8. The third kappa shape index (κ3) is 5.96. The number of furan rings is 1. The minimum atomic E-state index is -1.14. The SMILES string of the molecule is CC.Cn1cc(C(=O)NC(Cc2ccccc2)C(=O)C(N)=O)c(-c2cc(Cl)oc2Cl)n1. The van der Waals surface area contributed by atoms with Gasteiger partial charge in [0, 0.05) is 25.7 Å².